The van der Waals surface area contributed by atoms with Crippen LogP contribution < -0.4 is 65.1 Å². The number of fused-ring (bicyclic) bond motifs is 2. The van der Waals surface area contributed by atoms with E-state index in [0.717, 1.165) is 0 Å². The van der Waals surface area contributed by atoms with Gasteiger partial charge in [0.15, 0.2) is 11.6 Å². The minimum atomic E-state index is -1.47. The molecule has 0 radical (unpaired) electrons. The van der Waals surface area contributed by atoms with E-state index in [-0.39, 0.29) is 59.3 Å². The van der Waals surface area contributed by atoms with E-state index in [4.69, 9.17) is 20.9 Å². The van der Waals surface area contributed by atoms with Crippen LogP contribution in [0.4, 0.5) is 46.3 Å². The number of nitrogens with one attached hydrogen (secondary N) is 10. The van der Waals surface area contributed by atoms with Crippen LogP contribution in [0.3, 0.4) is 0 Å². The Morgan fingerprint density at radius 2 is 1.03 bits per heavy atom. The summed E-state index contributed by atoms with van der Waals surface area (Å²) in [5.74, 6) is -5.44. The van der Waals surface area contributed by atoms with Crippen molar-refractivity contribution in [2.75, 3.05) is 76.3 Å². The second-order valence-electron chi connectivity index (χ2n) is 14.7. The molecular weight excluding hydrogens is 857 g/mol. The first-order valence-electron chi connectivity index (χ1n) is 20.0. The first-order chi connectivity index (χ1) is 31.1. The summed E-state index contributed by atoms with van der Waals surface area (Å²) in [6.07, 6.45) is -1.64. The van der Waals surface area contributed by atoms with Crippen LogP contribution in [0.2, 0.25) is 0 Å². The van der Waals surface area contributed by atoms with Crippen molar-refractivity contribution >= 4 is 82.0 Å². The van der Waals surface area contributed by atoms with Gasteiger partial charge in [-0.2, -0.15) is 9.97 Å². The topological polar surface area (TPSA) is 401 Å². The number of H-pyrrole nitrogens is 2. The molecule has 2 aliphatic rings. The number of carboxylic acid groups (broad SMARTS) is 2. The number of carboxylic acids is 2. The fourth-order valence-corrected chi connectivity index (χ4v) is 6.49. The van der Waals surface area contributed by atoms with Crippen LogP contribution in [0.5, 0.6) is 0 Å². The van der Waals surface area contributed by atoms with Crippen molar-refractivity contribution in [3.05, 3.63) is 80.4 Å². The number of carbonyl (C=O) groups is 6. The molecule has 344 valence electrons. The molecule has 2 aromatic carbocycles. The number of aromatic amines is 2. The molecule has 0 fully saturated rings. The van der Waals surface area contributed by atoms with Gasteiger partial charge in [0, 0.05) is 61.5 Å². The third kappa shape index (κ3) is 12.7. The number of aromatic nitrogens is 4. The standard InChI is InChI=1S/C39H46N14O12/c40-38-50-30-28(34(58)52-38)46-22(15-44-30)13-42-20-5-1-18(2-6-20)32(56)48-24(36(60)61)9-11-26(54)64-17-65-27(55)12-10-25(37(62)63)49-33(57)19-3-7-21(8-4-19)43-14-23-16-45-31-29(47-23)35(59)53-39(41)51-31/h1-8,22-25,42-43,46-47H,9-17H2,(H,48,56)(H,49,57)(H,60,61)(H,62,63)(H4,40,44,50,52,58)(H4,41,45,51,53,59). The second kappa shape index (κ2) is 21.0. The van der Waals surface area contributed by atoms with Crippen LogP contribution in [0.25, 0.3) is 0 Å². The third-order valence-electron chi connectivity index (χ3n) is 9.92. The van der Waals surface area contributed by atoms with Crippen LogP contribution >= 0.6 is 0 Å². The summed E-state index contributed by atoms with van der Waals surface area (Å²) in [6.45, 7) is 0.820. The first-order valence-corrected chi connectivity index (χ1v) is 20.0. The van der Waals surface area contributed by atoms with Gasteiger partial charge in [-0.1, -0.05) is 0 Å². The van der Waals surface area contributed by atoms with Gasteiger partial charge in [0.25, 0.3) is 22.9 Å². The smallest absolute Gasteiger partial charge is 0.326 e. The van der Waals surface area contributed by atoms with Gasteiger partial charge < -0.3 is 73.7 Å². The van der Waals surface area contributed by atoms with Crippen molar-refractivity contribution in [1.82, 2.24) is 30.6 Å². The highest BCUT2D eigenvalue weighted by atomic mass is 16.7. The number of ether oxygens (including phenoxy) is 2. The summed E-state index contributed by atoms with van der Waals surface area (Å²) in [4.78, 5) is 111. The molecule has 2 aliphatic heterocycles. The monoisotopic (exact) mass is 902 g/mol. The van der Waals surface area contributed by atoms with Crippen molar-refractivity contribution in [2.45, 2.75) is 49.9 Å². The van der Waals surface area contributed by atoms with Crippen LogP contribution in [0.15, 0.2) is 58.1 Å². The Morgan fingerprint density at radius 1 is 0.646 bits per heavy atom. The highest BCUT2D eigenvalue weighted by molar-refractivity contribution is 5.97. The maximum Gasteiger partial charge on any atom is 0.326 e. The lowest BCUT2D eigenvalue weighted by atomic mass is 10.1. The van der Waals surface area contributed by atoms with Gasteiger partial charge in [-0.25, -0.2) is 9.59 Å². The van der Waals surface area contributed by atoms with Crippen LogP contribution in [-0.4, -0.2) is 123 Å². The number of nitrogen functional groups attached to an aromatic ring is 2. The Bertz CT molecular complexity index is 2360. The molecule has 16 N–H and O–H groups in total. The number of aliphatic carboxylic acids is 2. The molecular formula is C39H46N14O12. The van der Waals surface area contributed by atoms with Crippen LogP contribution in [-0.2, 0) is 28.7 Å². The fraction of sp³-hybridized carbons (Fsp3) is 0.333. The van der Waals surface area contributed by atoms with Crippen molar-refractivity contribution in [3.63, 3.8) is 0 Å². The van der Waals surface area contributed by atoms with E-state index in [0.29, 0.717) is 49.2 Å². The molecule has 4 aromatic rings. The van der Waals surface area contributed by atoms with Gasteiger partial charge in [0.1, 0.15) is 23.5 Å². The van der Waals surface area contributed by atoms with Crippen molar-refractivity contribution in [2.24, 2.45) is 0 Å². The van der Waals surface area contributed by atoms with Gasteiger partial charge >= 0.3 is 23.9 Å². The molecule has 4 unspecified atom stereocenters. The Hall–Kier alpha value is -8.58. The van der Waals surface area contributed by atoms with Gasteiger partial charge in [-0.05, 0) is 61.4 Å². The first kappa shape index (κ1) is 45.9. The highest BCUT2D eigenvalue weighted by Gasteiger charge is 2.26. The number of carbonyl (C=O) groups excluding carboxylic acids is 4. The maximum atomic E-state index is 12.8. The van der Waals surface area contributed by atoms with Gasteiger partial charge in [-0.15, -0.1) is 0 Å². The highest BCUT2D eigenvalue weighted by Crippen LogP contribution is 2.22. The Kier molecular flexibility index (Phi) is 14.8. The minimum Gasteiger partial charge on any atom is -0.480 e. The molecule has 2 aromatic heterocycles. The lowest BCUT2D eigenvalue weighted by Crippen LogP contribution is -2.41. The van der Waals surface area contributed by atoms with Gasteiger partial charge in [0.05, 0.1) is 12.1 Å². The zero-order chi connectivity index (χ0) is 46.6. The number of esters is 2. The number of benzene rings is 2. The zero-order valence-electron chi connectivity index (χ0n) is 34.3. The Balaban J connectivity index is 0.856. The van der Waals surface area contributed by atoms with Crippen molar-refractivity contribution < 1.29 is 48.5 Å². The van der Waals surface area contributed by atoms with E-state index < -0.39 is 78.5 Å². The minimum absolute atomic E-state index is 0.00873. The predicted octanol–water partition coefficient (Wildman–Crippen LogP) is -0.676. The fourth-order valence-electron chi connectivity index (χ4n) is 6.49. The number of nitrogens with zero attached hydrogens (tertiary/aromatic N) is 2. The van der Waals surface area contributed by atoms with E-state index in [1.54, 1.807) is 24.3 Å². The maximum absolute atomic E-state index is 12.8. The number of nitrogens with two attached hydrogens (primary N) is 2. The Labute approximate surface area is 367 Å². The van der Waals surface area contributed by atoms with Crippen LogP contribution in [0.1, 0.15) is 46.4 Å². The van der Waals surface area contributed by atoms with Crippen molar-refractivity contribution in [1.29, 1.82) is 0 Å². The van der Waals surface area contributed by atoms with Gasteiger partial charge in [0.2, 0.25) is 18.7 Å². The molecule has 0 aliphatic carbocycles. The number of rotatable bonds is 20. The number of hydrogen-bond acceptors (Lipinski definition) is 20. The second-order valence-corrected chi connectivity index (χ2v) is 14.7. The van der Waals surface area contributed by atoms with E-state index in [9.17, 15) is 48.6 Å². The van der Waals surface area contributed by atoms with E-state index in [2.05, 4.69) is 62.5 Å². The van der Waals surface area contributed by atoms with Crippen LogP contribution in [0, 0.1) is 0 Å². The molecule has 0 saturated carbocycles. The third-order valence-corrected chi connectivity index (χ3v) is 9.92. The molecule has 0 spiro atoms. The molecule has 26 heteroatoms. The molecule has 65 heavy (non-hydrogen) atoms. The van der Waals surface area contributed by atoms with Crippen molar-refractivity contribution in [3.8, 4) is 0 Å². The molecule has 26 nitrogen and oxygen atoms in total. The lowest BCUT2D eigenvalue weighted by Gasteiger charge is -2.27. The SMILES string of the molecule is Nc1nc2c(c(=O)[nH]1)NC(CNc1ccc(C(=O)NC(CCC(=O)OCOC(=O)CCC(NC(=O)c3ccc(NCC4CNc5nc(N)[nH]c(=O)c5N4)cc3)C(=O)O)C(=O)O)cc1)CN2. The largest absolute Gasteiger partial charge is 0.480 e. The predicted molar refractivity (Wildman–Crippen MR) is 234 cm³/mol. The van der Waals surface area contributed by atoms with E-state index in [1.165, 1.54) is 24.3 Å². The summed E-state index contributed by atoms with van der Waals surface area (Å²) in [7, 11) is 0. The number of hydrogen-bond donors (Lipinski definition) is 14. The average Bonchev–Trinajstić information content (AvgIpc) is 3.27. The Morgan fingerprint density at radius 3 is 1.40 bits per heavy atom. The summed E-state index contributed by atoms with van der Waals surface area (Å²) in [6, 6.07) is 9.00. The van der Waals surface area contributed by atoms with Gasteiger partial charge in [-0.3, -0.25) is 38.7 Å². The molecule has 6 rings (SSSR count). The summed E-state index contributed by atoms with van der Waals surface area (Å²) in [5, 5.41) is 42.7. The lowest BCUT2D eigenvalue weighted by molar-refractivity contribution is -0.167. The molecule has 2 amide bonds. The molecule has 0 saturated heterocycles. The van der Waals surface area contributed by atoms with E-state index >= 15 is 0 Å². The quantitative estimate of drug-likeness (QED) is 0.0386. The number of amides is 2. The summed E-state index contributed by atoms with van der Waals surface area (Å²) >= 11 is 0. The normalized spacial score (nSPS) is 15.6. The average molecular weight is 903 g/mol. The molecule has 4 heterocycles. The number of anilines is 8. The summed E-state index contributed by atoms with van der Waals surface area (Å²) < 4.78 is 9.71. The van der Waals surface area contributed by atoms with E-state index in [1.807, 2.05) is 0 Å². The summed E-state index contributed by atoms with van der Waals surface area (Å²) in [5.41, 5.74) is 12.4. The zero-order valence-corrected chi connectivity index (χ0v) is 34.3. The molecule has 0 bridgehead atoms. The molecule has 4 atom stereocenters.